The summed E-state index contributed by atoms with van der Waals surface area (Å²) in [7, 11) is 0. The van der Waals surface area contributed by atoms with Gasteiger partial charge < -0.3 is 9.47 Å². The summed E-state index contributed by atoms with van der Waals surface area (Å²) in [6.07, 6.45) is 7.81. The van der Waals surface area contributed by atoms with Crippen LogP contribution < -0.4 is 0 Å². The van der Waals surface area contributed by atoms with E-state index in [9.17, 15) is 0 Å². The van der Waals surface area contributed by atoms with Crippen LogP contribution in [-0.2, 0) is 9.47 Å². The van der Waals surface area contributed by atoms with E-state index in [-0.39, 0.29) is 0 Å². The predicted octanol–water partition coefficient (Wildman–Crippen LogP) is 3.13. The first-order valence-electron chi connectivity index (χ1n) is 5.63. The third-order valence-corrected chi connectivity index (χ3v) is 3.15. The number of rotatable bonds is 8. The number of ether oxygens (including phenoxy) is 2. The van der Waals surface area contributed by atoms with Gasteiger partial charge in [-0.15, -0.1) is 0 Å². The standard InChI is InChI=1S/C12H22O2/c1-3-12(10-14-11-12)8-6-5-7-9-13-4-2/h4H,2-3,5-11H2,1H3. The highest BCUT2D eigenvalue weighted by Gasteiger charge is 2.35. The fourth-order valence-electron chi connectivity index (χ4n) is 1.86. The molecule has 0 aliphatic carbocycles. The SMILES string of the molecule is C=COCCCCCC1(CC)COC1. The molecule has 0 bridgehead atoms. The lowest BCUT2D eigenvalue weighted by molar-refractivity contribution is -0.120. The second-order valence-corrected chi connectivity index (χ2v) is 4.19. The molecule has 0 aromatic rings. The zero-order chi connectivity index (χ0) is 10.3. The van der Waals surface area contributed by atoms with Crippen LogP contribution in [0.25, 0.3) is 0 Å². The summed E-state index contributed by atoms with van der Waals surface area (Å²) in [5.74, 6) is 0. The Morgan fingerprint density at radius 3 is 2.64 bits per heavy atom. The molecular weight excluding hydrogens is 176 g/mol. The van der Waals surface area contributed by atoms with Crippen molar-refractivity contribution in [3.63, 3.8) is 0 Å². The number of hydrogen-bond donors (Lipinski definition) is 0. The van der Waals surface area contributed by atoms with E-state index in [0.717, 1.165) is 26.2 Å². The lowest BCUT2D eigenvalue weighted by Crippen LogP contribution is -2.41. The van der Waals surface area contributed by atoms with E-state index in [1.807, 2.05) is 0 Å². The molecule has 1 heterocycles. The van der Waals surface area contributed by atoms with Crippen LogP contribution in [0.3, 0.4) is 0 Å². The molecule has 1 aliphatic heterocycles. The predicted molar refractivity (Wildman–Crippen MR) is 58.2 cm³/mol. The van der Waals surface area contributed by atoms with Crippen molar-refractivity contribution in [3.05, 3.63) is 12.8 Å². The molecule has 2 heteroatoms. The van der Waals surface area contributed by atoms with Crippen molar-refractivity contribution in [1.82, 2.24) is 0 Å². The van der Waals surface area contributed by atoms with Gasteiger partial charge in [-0.25, -0.2) is 0 Å². The maximum absolute atomic E-state index is 5.29. The quantitative estimate of drug-likeness (QED) is 0.440. The van der Waals surface area contributed by atoms with Crippen LogP contribution in [-0.4, -0.2) is 19.8 Å². The smallest absolute Gasteiger partial charge is 0.0873 e. The Bertz CT molecular complexity index is 156. The highest BCUT2D eigenvalue weighted by Crippen LogP contribution is 2.36. The van der Waals surface area contributed by atoms with Crippen LogP contribution in [0, 0.1) is 5.41 Å². The molecule has 0 aromatic carbocycles. The van der Waals surface area contributed by atoms with Crippen LogP contribution >= 0.6 is 0 Å². The van der Waals surface area contributed by atoms with Crippen molar-refractivity contribution in [3.8, 4) is 0 Å². The number of unbranched alkanes of at least 4 members (excludes halogenated alkanes) is 2. The lowest BCUT2D eigenvalue weighted by Gasteiger charge is -2.41. The third kappa shape index (κ3) is 3.33. The fraction of sp³-hybridized carbons (Fsp3) is 0.833. The van der Waals surface area contributed by atoms with Gasteiger partial charge in [-0.05, 0) is 19.3 Å². The maximum atomic E-state index is 5.29. The highest BCUT2D eigenvalue weighted by molar-refractivity contribution is 4.83. The van der Waals surface area contributed by atoms with Crippen LogP contribution in [0.15, 0.2) is 12.8 Å². The van der Waals surface area contributed by atoms with E-state index in [2.05, 4.69) is 13.5 Å². The molecule has 0 unspecified atom stereocenters. The van der Waals surface area contributed by atoms with Crippen LogP contribution in [0.2, 0.25) is 0 Å². The minimum absolute atomic E-state index is 0.527. The second kappa shape index (κ2) is 6.07. The number of hydrogen-bond acceptors (Lipinski definition) is 2. The van der Waals surface area contributed by atoms with Gasteiger partial charge in [-0.3, -0.25) is 0 Å². The molecule has 0 amide bonds. The van der Waals surface area contributed by atoms with E-state index in [1.54, 1.807) is 0 Å². The fourth-order valence-corrected chi connectivity index (χ4v) is 1.86. The first-order valence-corrected chi connectivity index (χ1v) is 5.63. The molecule has 0 spiro atoms. The summed E-state index contributed by atoms with van der Waals surface area (Å²) in [6, 6.07) is 0. The maximum Gasteiger partial charge on any atom is 0.0873 e. The summed E-state index contributed by atoms with van der Waals surface area (Å²) in [5.41, 5.74) is 0.527. The Balaban J connectivity index is 1.95. The van der Waals surface area contributed by atoms with E-state index >= 15 is 0 Å². The Morgan fingerprint density at radius 1 is 1.36 bits per heavy atom. The topological polar surface area (TPSA) is 18.5 Å². The largest absolute Gasteiger partial charge is 0.502 e. The van der Waals surface area contributed by atoms with E-state index in [4.69, 9.17) is 9.47 Å². The van der Waals surface area contributed by atoms with Crippen molar-refractivity contribution in [2.45, 2.75) is 39.0 Å². The van der Waals surface area contributed by atoms with Gasteiger partial charge in [0.05, 0.1) is 26.1 Å². The average Bonchev–Trinajstić information content (AvgIpc) is 2.15. The van der Waals surface area contributed by atoms with Gasteiger partial charge in [-0.2, -0.15) is 0 Å². The monoisotopic (exact) mass is 198 g/mol. The van der Waals surface area contributed by atoms with Crippen LogP contribution in [0.5, 0.6) is 0 Å². The zero-order valence-corrected chi connectivity index (χ0v) is 9.26. The third-order valence-electron chi connectivity index (χ3n) is 3.15. The molecule has 0 saturated carbocycles. The molecule has 14 heavy (non-hydrogen) atoms. The molecule has 82 valence electrons. The molecule has 0 aromatic heterocycles. The molecule has 0 N–H and O–H groups in total. The molecule has 0 radical (unpaired) electrons. The lowest BCUT2D eigenvalue weighted by atomic mass is 9.78. The minimum atomic E-state index is 0.527. The van der Waals surface area contributed by atoms with Gasteiger partial charge >= 0.3 is 0 Å². The minimum Gasteiger partial charge on any atom is -0.502 e. The molecule has 2 nitrogen and oxygen atoms in total. The molecule has 1 rings (SSSR count). The Kier molecular flexibility index (Phi) is 5.02. The van der Waals surface area contributed by atoms with Gasteiger partial charge in [0.2, 0.25) is 0 Å². The van der Waals surface area contributed by atoms with Crippen LogP contribution in [0.1, 0.15) is 39.0 Å². The Morgan fingerprint density at radius 2 is 2.14 bits per heavy atom. The second-order valence-electron chi connectivity index (χ2n) is 4.19. The Labute approximate surface area is 87.3 Å². The van der Waals surface area contributed by atoms with Gasteiger partial charge in [0.25, 0.3) is 0 Å². The van der Waals surface area contributed by atoms with E-state index < -0.39 is 0 Å². The summed E-state index contributed by atoms with van der Waals surface area (Å²) in [6.45, 7) is 8.56. The van der Waals surface area contributed by atoms with Gasteiger partial charge in [0, 0.05) is 5.41 Å². The summed E-state index contributed by atoms with van der Waals surface area (Å²) >= 11 is 0. The summed E-state index contributed by atoms with van der Waals surface area (Å²) < 4.78 is 10.4. The molecule has 0 atom stereocenters. The van der Waals surface area contributed by atoms with Crippen LogP contribution in [0.4, 0.5) is 0 Å². The Hall–Kier alpha value is -0.500. The summed E-state index contributed by atoms with van der Waals surface area (Å²) in [4.78, 5) is 0. The van der Waals surface area contributed by atoms with Gasteiger partial charge in [-0.1, -0.05) is 26.3 Å². The van der Waals surface area contributed by atoms with Gasteiger partial charge in [0.15, 0.2) is 0 Å². The van der Waals surface area contributed by atoms with Crippen molar-refractivity contribution >= 4 is 0 Å². The summed E-state index contributed by atoms with van der Waals surface area (Å²) in [5, 5.41) is 0. The first kappa shape index (κ1) is 11.6. The van der Waals surface area contributed by atoms with Gasteiger partial charge in [0.1, 0.15) is 0 Å². The first-order chi connectivity index (χ1) is 6.83. The zero-order valence-electron chi connectivity index (χ0n) is 9.26. The van der Waals surface area contributed by atoms with Crippen molar-refractivity contribution in [2.24, 2.45) is 5.41 Å². The van der Waals surface area contributed by atoms with Crippen molar-refractivity contribution in [1.29, 1.82) is 0 Å². The molecule has 1 aliphatic rings. The normalized spacial score (nSPS) is 18.6. The van der Waals surface area contributed by atoms with Crippen molar-refractivity contribution in [2.75, 3.05) is 19.8 Å². The van der Waals surface area contributed by atoms with E-state index in [1.165, 1.54) is 31.9 Å². The van der Waals surface area contributed by atoms with Crippen molar-refractivity contribution < 1.29 is 9.47 Å². The molecule has 1 fully saturated rings. The average molecular weight is 198 g/mol. The molecule has 1 saturated heterocycles. The highest BCUT2D eigenvalue weighted by atomic mass is 16.5. The molecular formula is C12H22O2. The van der Waals surface area contributed by atoms with E-state index in [0.29, 0.717) is 5.41 Å².